The predicted octanol–water partition coefficient (Wildman–Crippen LogP) is 1.36. The Hall–Kier alpha value is -0.570. The largest absolute Gasteiger partial charge is 0.460 e. The molecule has 0 aliphatic rings. The quantitative estimate of drug-likeness (QED) is 0.582. The maximum absolute atomic E-state index is 10.5. The number of carbonyl (C=O) groups excluding carboxylic acids is 1. The molecule has 0 amide bonds. The average molecular weight is 160 g/mol. The third-order valence-electron chi connectivity index (χ3n) is 1.58. The van der Waals surface area contributed by atoms with Crippen molar-refractivity contribution in [3.8, 4) is 0 Å². The summed E-state index contributed by atoms with van der Waals surface area (Å²) in [5.74, 6) is -0.256. The molecular weight excluding hydrogens is 144 g/mol. The van der Waals surface area contributed by atoms with Crippen LogP contribution in [-0.2, 0) is 14.3 Å². The Morgan fingerprint density at radius 3 is 2.36 bits per heavy atom. The molecule has 0 aromatic heterocycles. The molecule has 0 heterocycles. The normalized spacial score (nSPS) is 15.6. The van der Waals surface area contributed by atoms with Gasteiger partial charge in [0, 0.05) is 14.0 Å². The highest BCUT2D eigenvalue weighted by Crippen LogP contribution is 2.06. The van der Waals surface area contributed by atoms with Crippen LogP contribution in [0.5, 0.6) is 0 Å². The van der Waals surface area contributed by atoms with Gasteiger partial charge in [0.2, 0.25) is 0 Å². The summed E-state index contributed by atoms with van der Waals surface area (Å²) in [7, 11) is 1.62. The molecule has 0 aromatic carbocycles. The Labute approximate surface area is 67.7 Å². The van der Waals surface area contributed by atoms with E-state index in [-0.39, 0.29) is 18.2 Å². The van der Waals surface area contributed by atoms with Gasteiger partial charge in [-0.05, 0) is 13.3 Å². The van der Waals surface area contributed by atoms with Crippen LogP contribution in [-0.4, -0.2) is 25.3 Å². The topological polar surface area (TPSA) is 35.5 Å². The van der Waals surface area contributed by atoms with Crippen molar-refractivity contribution < 1.29 is 14.3 Å². The lowest BCUT2D eigenvalue weighted by Crippen LogP contribution is -2.28. The summed E-state index contributed by atoms with van der Waals surface area (Å²) in [6.45, 7) is 5.23. The summed E-state index contributed by atoms with van der Waals surface area (Å²) < 4.78 is 10.0. The van der Waals surface area contributed by atoms with Crippen LogP contribution >= 0.6 is 0 Å². The molecule has 2 unspecified atom stereocenters. The van der Waals surface area contributed by atoms with Crippen molar-refractivity contribution in [3.63, 3.8) is 0 Å². The average Bonchev–Trinajstić information content (AvgIpc) is 1.88. The van der Waals surface area contributed by atoms with E-state index in [1.54, 1.807) is 7.11 Å². The van der Waals surface area contributed by atoms with Crippen LogP contribution in [0.15, 0.2) is 0 Å². The SMILES string of the molecule is CCC(OC)C(C)OC(C)=O. The van der Waals surface area contributed by atoms with E-state index in [1.807, 2.05) is 13.8 Å². The van der Waals surface area contributed by atoms with Crippen LogP contribution < -0.4 is 0 Å². The Balaban J connectivity index is 3.78. The second-order valence-electron chi connectivity index (χ2n) is 2.50. The first-order valence-corrected chi connectivity index (χ1v) is 3.81. The first-order chi connectivity index (χ1) is 5.11. The summed E-state index contributed by atoms with van der Waals surface area (Å²) in [5, 5.41) is 0. The van der Waals surface area contributed by atoms with Gasteiger partial charge < -0.3 is 9.47 Å². The van der Waals surface area contributed by atoms with Gasteiger partial charge in [-0.25, -0.2) is 0 Å². The molecule has 0 radical (unpaired) electrons. The van der Waals surface area contributed by atoms with E-state index in [0.29, 0.717) is 0 Å². The Morgan fingerprint density at radius 2 is 2.09 bits per heavy atom. The molecule has 11 heavy (non-hydrogen) atoms. The molecule has 3 heteroatoms. The molecule has 2 atom stereocenters. The van der Waals surface area contributed by atoms with E-state index < -0.39 is 0 Å². The van der Waals surface area contributed by atoms with E-state index in [4.69, 9.17) is 9.47 Å². The van der Waals surface area contributed by atoms with Gasteiger partial charge in [-0.1, -0.05) is 6.92 Å². The van der Waals surface area contributed by atoms with Crippen LogP contribution in [0.25, 0.3) is 0 Å². The summed E-state index contributed by atoms with van der Waals surface area (Å²) in [6, 6.07) is 0. The third kappa shape index (κ3) is 3.98. The maximum atomic E-state index is 10.5. The molecular formula is C8H16O3. The molecule has 0 saturated heterocycles. The van der Waals surface area contributed by atoms with Crippen molar-refractivity contribution >= 4 is 5.97 Å². The van der Waals surface area contributed by atoms with Gasteiger partial charge in [0.05, 0.1) is 6.10 Å². The number of esters is 1. The highest BCUT2D eigenvalue weighted by molar-refractivity contribution is 5.66. The number of rotatable bonds is 4. The van der Waals surface area contributed by atoms with Crippen LogP contribution in [0.1, 0.15) is 27.2 Å². The minimum Gasteiger partial charge on any atom is -0.460 e. The first kappa shape index (κ1) is 10.4. The Morgan fingerprint density at radius 1 is 1.55 bits per heavy atom. The summed E-state index contributed by atoms with van der Waals surface area (Å²) in [4.78, 5) is 10.5. The predicted molar refractivity (Wildman–Crippen MR) is 42.3 cm³/mol. The van der Waals surface area contributed by atoms with E-state index in [2.05, 4.69) is 0 Å². The van der Waals surface area contributed by atoms with Crippen LogP contribution in [0.4, 0.5) is 0 Å². The standard InChI is InChI=1S/C8H16O3/c1-5-8(10-4)6(2)11-7(3)9/h6,8H,5H2,1-4H3. The number of ether oxygens (including phenoxy) is 2. The molecule has 0 aromatic rings. The lowest BCUT2D eigenvalue weighted by Gasteiger charge is -2.20. The third-order valence-corrected chi connectivity index (χ3v) is 1.58. The first-order valence-electron chi connectivity index (χ1n) is 3.81. The van der Waals surface area contributed by atoms with Gasteiger partial charge >= 0.3 is 5.97 Å². The fraction of sp³-hybridized carbons (Fsp3) is 0.875. The summed E-state index contributed by atoms with van der Waals surface area (Å²) in [5.41, 5.74) is 0. The van der Waals surface area contributed by atoms with E-state index in [0.717, 1.165) is 6.42 Å². The monoisotopic (exact) mass is 160 g/mol. The zero-order chi connectivity index (χ0) is 8.85. The zero-order valence-electron chi connectivity index (χ0n) is 7.59. The van der Waals surface area contributed by atoms with Crippen molar-refractivity contribution in [2.75, 3.05) is 7.11 Å². The second kappa shape index (κ2) is 5.13. The number of hydrogen-bond donors (Lipinski definition) is 0. The molecule has 3 nitrogen and oxygen atoms in total. The lowest BCUT2D eigenvalue weighted by molar-refractivity contribution is -0.152. The van der Waals surface area contributed by atoms with Gasteiger partial charge in [0.25, 0.3) is 0 Å². The van der Waals surface area contributed by atoms with Gasteiger partial charge in [-0.2, -0.15) is 0 Å². The van der Waals surface area contributed by atoms with E-state index in [9.17, 15) is 4.79 Å². The van der Waals surface area contributed by atoms with Crippen LogP contribution in [0.2, 0.25) is 0 Å². The van der Waals surface area contributed by atoms with Gasteiger partial charge in [0.15, 0.2) is 0 Å². The second-order valence-corrected chi connectivity index (χ2v) is 2.50. The molecule has 66 valence electrons. The van der Waals surface area contributed by atoms with Crippen molar-refractivity contribution in [1.82, 2.24) is 0 Å². The number of carbonyl (C=O) groups is 1. The Bertz CT molecular complexity index is 119. The van der Waals surface area contributed by atoms with Crippen LogP contribution in [0.3, 0.4) is 0 Å². The molecule has 0 fully saturated rings. The molecule has 0 bridgehead atoms. The Kier molecular flexibility index (Phi) is 4.86. The zero-order valence-corrected chi connectivity index (χ0v) is 7.59. The molecule has 0 N–H and O–H groups in total. The fourth-order valence-electron chi connectivity index (χ4n) is 1.03. The molecule has 0 spiro atoms. The summed E-state index contributed by atoms with van der Waals surface area (Å²) >= 11 is 0. The van der Waals surface area contributed by atoms with Gasteiger partial charge in [0.1, 0.15) is 6.10 Å². The fourth-order valence-corrected chi connectivity index (χ4v) is 1.03. The minimum absolute atomic E-state index is 0.0129. The minimum atomic E-state index is -0.256. The van der Waals surface area contributed by atoms with Crippen molar-refractivity contribution in [2.45, 2.75) is 39.4 Å². The highest BCUT2D eigenvalue weighted by Gasteiger charge is 2.16. The molecule has 0 aliphatic heterocycles. The van der Waals surface area contributed by atoms with Crippen molar-refractivity contribution in [3.05, 3.63) is 0 Å². The van der Waals surface area contributed by atoms with E-state index >= 15 is 0 Å². The van der Waals surface area contributed by atoms with Crippen molar-refractivity contribution in [1.29, 1.82) is 0 Å². The molecule has 0 saturated carbocycles. The molecule has 0 rings (SSSR count). The number of hydrogen-bond acceptors (Lipinski definition) is 3. The van der Waals surface area contributed by atoms with Crippen LogP contribution in [0, 0.1) is 0 Å². The molecule has 0 aliphatic carbocycles. The van der Waals surface area contributed by atoms with Gasteiger partial charge in [-0.15, -0.1) is 0 Å². The smallest absolute Gasteiger partial charge is 0.302 e. The van der Waals surface area contributed by atoms with Crippen molar-refractivity contribution in [2.24, 2.45) is 0 Å². The maximum Gasteiger partial charge on any atom is 0.302 e. The highest BCUT2D eigenvalue weighted by atomic mass is 16.6. The number of methoxy groups -OCH3 is 1. The lowest BCUT2D eigenvalue weighted by atomic mass is 10.2. The van der Waals surface area contributed by atoms with E-state index in [1.165, 1.54) is 6.92 Å². The summed E-state index contributed by atoms with van der Waals surface area (Å²) in [6.07, 6.45) is 0.715. The van der Waals surface area contributed by atoms with Gasteiger partial charge in [-0.3, -0.25) is 4.79 Å².